The summed E-state index contributed by atoms with van der Waals surface area (Å²) in [5, 5.41) is 0. The van der Waals surface area contributed by atoms with Crippen LogP contribution in [-0.4, -0.2) is 34.9 Å². The summed E-state index contributed by atoms with van der Waals surface area (Å²) < 4.78 is 2.46. The van der Waals surface area contributed by atoms with Gasteiger partial charge in [0.05, 0.1) is 11.2 Å². The molecule has 1 saturated heterocycles. The van der Waals surface area contributed by atoms with Gasteiger partial charge in [0.25, 0.3) is 0 Å². The van der Waals surface area contributed by atoms with Crippen molar-refractivity contribution in [1.82, 2.24) is 4.31 Å². The SMILES string of the molecule is CSC=Nc1ccc(SN2CCC(CS)CC2)cc1. The second-order valence-corrected chi connectivity index (χ2v) is 6.83. The van der Waals surface area contributed by atoms with E-state index in [1.807, 2.05) is 23.8 Å². The molecule has 0 aliphatic carbocycles. The molecule has 1 aliphatic heterocycles. The van der Waals surface area contributed by atoms with Gasteiger partial charge in [-0.3, -0.25) is 4.99 Å². The molecule has 0 spiro atoms. The lowest BCUT2D eigenvalue weighted by atomic mass is 10.0. The fraction of sp³-hybridized carbons (Fsp3) is 0.500. The Morgan fingerprint density at radius 2 is 2.00 bits per heavy atom. The van der Waals surface area contributed by atoms with Crippen LogP contribution in [0.1, 0.15) is 12.8 Å². The van der Waals surface area contributed by atoms with Crippen molar-refractivity contribution in [3.05, 3.63) is 24.3 Å². The number of thiol groups is 1. The van der Waals surface area contributed by atoms with E-state index in [9.17, 15) is 0 Å². The van der Waals surface area contributed by atoms with Gasteiger partial charge in [0.1, 0.15) is 0 Å². The number of benzene rings is 1. The standard InChI is InChI=1S/C14H20N2S3/c1-18-11-15-13-2-4-14(5-3-13)19-16-8-6-12(10-17)7-9-16/h2-5,11-12,17H,6-10H2,1H3. The topological polar surface area (TPSA) is 15.6 Å². The van der Waals surface area contributed by atoms with Crippen LogP contribution in [0.4, 0.5) is 5.69 Å². The summed E-state index contributed by atoms with van der Waals surface area (Å²) >= 11 is 7.87. The first-order valence-electron chi connectivity index (χ1n) is 6.51. The molecule has 0 N–H and O–H groups in total. The molecule has 0 bridgehead atoms. The van der Waals surface area contributed by atoms with E-state index < -0.39 is 0 Å². The van der Waals surface area contributed by atoms with Crippen molar-refractivity contribution in [2.75, 3.05) is 25.1 Å². The van der Waals surface area contributed by atoms with Crippen LogP contribution in [0, 0.1) is 5.92 Å². The molecule has 1 aromatic rings. The Morgan fingerprint density at radius 1 is 1.32 bits per heavy atom. The second kappa shape index (κ2) is 8.25. The van der Waals surface area contributed by atoms with Crippen molar-refractivity contribution in [1.29, 1.82) is 0 Å². The number of nitrogens with zero attached hydrogens (tertiary/aromatic N) is 2. The Kier molecular flexibility index (Phi) is 6.64. The number of aliphatic imine (C=N–C) groups is 1. The molecule has 1 aromatic carbocycles. The lowest BCUT2D eigenvalue weighted by Gasteiger charge is -2.30. The van der Waals surface area contributed by atoms with E-state index in [1.54, 1.807) is 11.8 Å². The van der Waals surface area contributed by atoms with E-state index in [0.717, 1.165) is 17.4 Å². The Labute approximate surface area is 130 Å². The van der Waals surface area contributed by atoms with Crippen molar-refractivity contribution in [3.8, 4) is 0 Å². The molecular weight excluding hydrogens is 292 g/mol. The molecule has 1 heterocycles. The molecule has 1 aliphatic rings. The number of rotatable bonds is 5. The molecular formula is C14H20N2S3. The van der Waals surface area contributed by atoms with Crippen molar-refractivity contribution in [2.24, 2.45) is 10.9 Å². The zero-order valence-corrected chi connectivity index (χ0v) is 13.7. The van der Waals surface area contributed by atoms with Gasteiger partial charge in [-0.15, -0.1) is 11.8 Å². The van der Waals surface area contributed by atoms with Gasteiger partial charge in [-0.25, -0.2) is 4.31 Å². The average molecular weight is 313 g/mol. The first-order valence-corrected chi connectivity index (χ1v) is 9.20. The van der Waals surface area contributed by atoms with Crippen LogP contribution in [0.3, 0.4) is 0 Å². The predicted molar refractivity (Wildman–Crippen MR) is 92.1 cm³/mol. The number of hydrogen-bond donors (Lipinski definition) is 1. The van der Waals surface area contributed by atoms with Crippen molar-refractivity contribution in [3.63, 3.8) is 0 Å². The Balaban J connectivity index is 1.84. The van der Waals surface area contributed by atoms with E-state index in [-0.39, 0.29) is 0 Å². The molecule has 0 amide bonds. The summed E-state index contributed by atoms with van der Waals surface area (Å²) in [6.45, 7) is 2.34. The highest BCUT2D eigenvalue weighted by Gasteiger charge is 2.18. The summed E-state index contributed by atoms with van der Waals surface area (Å²) in [6.07, 6.45) is 4.56. The molecule has 0 unspecified atom stereocenters. The smallest absolute Gasteiger partial charge is 0.0636 e. The van der Waals surface area contributed by atoms with Gasteiger partial charge < -0.3 is 0 Å². The van der Waals surface area contributed by atoms with E-state index in [4.69, 9.17) is 0 Å². The van der Waals surface area contributed by atoms with Gasteiger partial charge in [-0.2, -0.15) is 12.6 Å². The predicted octanol–water partition coefficient (Wildman–Crippen LogP) is 4.36. The summed E-state index contributed by atoms with van der Waals surface area (Å²) in [6, 6.07) is 8.47. The number of piperidine rings is 1. The lowest BCUT2D eigenvalue weighted by molar-refractivity contribution is 0.312. The van der Waals surface area contributed by atoms with Crippen LogP contribution in [0.25, 0.3) is 0 Å². The fourth-order valence-corrected chi connectivity index (χ4v) is 3.58. The first kappa shape index (κ1) is 15.3. The van der Waals surface area contributed by atoms with Gasteiger partial charge in [-0.1, -0.05) is 0 Å². The third-order valence-corrected chi connectivity index (χ3v) is 5.15. The Hall–Kier alpha value is -0.100. The molecule has 104 valence electrons. The lowest BCUT2D eigenvalue weighted by Crippen LogP contribution is -2.29. The maximum atomic E-state index is 4.39. The quantitative estimate of drug-likeness (QED) is 0.376. The minimum Gasteiger partial charge on any atom is -0.250 e. The third-order valence-electron chi connectivity index (χ3n) is 3.21. The summed E-state index contributed by atoms with van der Waals surface area (Å²) in [7, 11) is 0. The second-order valence-electron chi connectivity index (χ2n) is 4.61. The molecule has 0 aromatic heterocycles. The summed E-state index contributed by atoms with van der Waals surface area (Å²) in [5.41, 5.74) is 2.89. The van der Waals surface area contributed by atoms with Gasteiger partial charge in [0.2, 0.25) is 0 Å². The van der Waals surface area contributed by atoms with Crippen LogP contribution < -0.4 is 0 Å². The fourth-order valence-electron chi connectivity index (χ4n) is 2.04. The van der Waals surface area contributed by atoms with Crippen molar-refractivity contribution in [2.45, 2.75) is 17.7 Å². The maximum Gasteiger partial charge on any atom is 0.0636 e. The Morgan fingerprint density at radius 3 is 2.58 bits per heavy atom. The molecule has 2 rings (SSSR count). The zero-order valence-electron chi connectivity index (χ0n) is 11.2. The summed E-state index contributed by atoms with van der Waals surface area (Å²) in [5.74, 6) is 1.84. The normalized spacial score (nSPS) is 18.2. The number of hydrogen-bond acceptors (Lipinski definition) is 5. The van der Waals surface area contributed by atoms with Gasteiger partial charge in [0, 0.05) is 18.0 Å². The highest BCUT2D eigenvalue weighted by atomic mass is 32.2. The molecule has 1 fully saturated rings. The third kappa shape index (κ3) is 5.06. The highest BCUT2D eigenvalue weighted by Crippen LogP contribution is 2.29. The minimum atomic E-state index is 0.809. The highest BCUT2D eigenvalue weighted by molar-refractivity contribution is 8.11. The largest absolute Gasteiger partial charge is 0.250 e. The van der Waals surface area contributed by atoms with Crippen LogP contribution in [0.15, 0.2) is 34.2 Å². The maximum absolute atomic E-state index is 4.39. The molecule has 19 heavy (non-hydrogen) atoms. The average Bonchev–Trinajstić information content (AvgIpc) is 2.47. The van der Waals surface area contributed by atoms with Crippen LogP contribution in [0.2, 0.25) is 0 Å². The number of thioether (sulfide) groups is 1. The molecule has 0 saturated carbocycles. The molecule has 0 atom stereocenters. The van der Waals surface area contributed by atoms with Crippen molar-refractivity contribution < 1.29 is 0 Å². The monoisotopic (exact) mass is 312 g/mol. The van der Waals surface area contributed by atoms with Crippen LogP contribution in [-0.2, 0) is 0 Å². The minimum absolute atomic E-state index is 0.809. The van der Waals surface area contributed by atoms with Crippen LogP contribution >= 0.6 is 36.3 Å². The molecule has 0 radical (unpaired) electrons. The van der Waals surface area contributed by atoms with Crippen LogP contribution in [0.5, 0.6) is 0 Å². The summed E-state index contributed by atoms with van der Waals surface area (Å²) in [4.78, 5) is 5.64. The van der Waals surface area contributed by atoms with E-state index in [0.29, 0.717) is 0 Å². The Bertz CT molecular complexity index is 398. The van der Waals surface area contributed by atoms with Gasteiger partial charge in [0.15, 0.2) is 0 Å². The first-order chi connectivity index (χ1) is 9.31. The molecule has 5 heteroatoms. The molecule has 2 nitrogen and oxygen atoms in total. The van der Waals surface area contributed by atoms with E-state index in [1.165, 1.54) is 30.8 Å². The van der Waals surface area contributed by atoms with E-state index in [2.05, 4.69) is 46.2 Å². The van der Waals surface area contributed by atoms with Crippen molar-refractivity contribution >= 4 is 47.6 Å². The zero-order chi connectivity index (χ0) is 13.5. The van der Waals surface area contributed by atoms with Gasteiger partial charge >= 0.3 is 0 Å². The van der Waals surface area contributed by atoms with Gasteiger partial charge in [-0.05, 0) is 67.0 Å². The van der Waals surface area contributed by atoms with E-state index >= 15 is 0 Å².